The summed E-state index contributed by atoms with van der Waals surface area (Å²) in [5, 5.41) is 23.5. The third-order valence-corrected chi connectivity index (χ3v) is 10.7. The Balaban J connectivity index is 2.59. The van der Waals surface area contributed by atoms with Gasteiger partial charge in [-0.1, -0.05) is 67.4 Å². The molecule has 3 rings (SSSR count). The van der Waals surface area contributed by atoms with Gasteiger partial charge in [0.1, 0.15) is 11.3 Å². The van der Waals surface area contributed by atoms with Crippen molar-refractivity contribution < 1.29 is 33.8 Å². The summed E-state index contributed by atoms with van der Waals surface area (Å²) in [6.45, 7) is 20.5. The minimum Gasteiger partial charge on any atom is -0.426 e. The van der Waals surface area contributed by atoms with E-state index < -0.39 is 78.2 Å². The normalized spacial score (nSPS) is 23.6. The molecular weight excluding hydrogens is 676 g/mol. The number of Topliss-reactive ketones (excluding diaryl/α,β-unsaturated/α-hetero) is 3. The van der Waals surface area contributed by atoms with Crippen LogP contribution >= 0.6 is 0 Å². The molecular formula is C42H54N2O9. The number of nitro benzene ring substituents is 2. The molecule has 53 heavy (non-hydrogen) atoms. The second kappa shape index (κ2) is 16.5. The molecule has 0 aliphatic heterocycles. The Morgan fingerprint density at radius 2 is 1.47 bits per heavy atom. The number of nitro groups is 2. The van der Waals surface area contributed by atoms with Crippen molar-refractivity contribution in [2.75, 3.05) is 0 Å². The predicted molar refractivity (Wildman–Crippen MR) is 204 cm³/mol. The summed E-state index contributed by atoms with van der Waals surface area (Å²) in [6, 6.07) is 2.57. The molecule has 11 heteroatoms. The van der Waals surface area contributed by atoms with Gasteiger partial charge in [-0.25, -0.2) is 4.79 Å². The van der Waals surface area contributed by atoms with Crippen LogP contribution in [-0.2, 0) is 19.1 Å². The first kappa shape index (κ1) is 42.6. The first-order chi connectivity index (χ1) is 24.6. The number of rotatable bonds is 15. The van der Waals surface area contributed by atoms with Gasteiger partial charge in [0.15, 0.2) is 22.8 Å². The molecule has 1 fully saturated rings. The number of ketones is 3. The first-order valence-electron chi connectivity index (χ1n) is 18.1. The fraction of sp³-hybridized carbons (Fsp3) is 0.524. The molecule has 0 spiro atoms. The van der Waals surface area contributed by atoms with Crippen LogP contribution in [0.5, 0.6) is 0 Å². The molecule has 2 aliphatic rings. The van der Waals surface area contributed by atoms with E-state index in [1.54, 1.807) is 19.9 Å². The Labute approximate surface area is 312 Å². The molecule has 0 unspecified atom stereocenters. The topological polar surface area (TPSA) is 164 Å². The Kier molecular flexibility index (Phi) is 13.2. The molecule has 1 aromatic carbocycles. The molecule has 1 aromatic rings. The van der Waals surface area contributed by atoms with Gasteiger partial charge in [0.25, 0.3) is 11.4 Å². The van der Waals surface area contributed by atoms with Gasteiger partial charge in [-0.3, -0.25) is 34.6 Å². The number of fused-ring (bicyclic) bond motifs is 2. The molecule has 0 heterocycles. The van der Waals surface area contributed by atoms with Crippen molar-refractivity contribution in [2.24, 2.45) is 28.1 Å². The number of carbonyl (C=O) groups is 4. The number of carbonyl (C=O) groups excluding carboxylic acids is 4. The van der Waals surface area contributed by atoms with Crippen molar-refractivity contribution in [3.63, 3.8) is 0 Å². The highest BCUT2D eigenvalue weighted by Gasteiger charge is 2.76. The largest absolute Gasteiger partial charge is 0.426 e. The lowest BCUT2D eigenvalue weighted by Gasteiger charge is -2.61. The first-order valence-corrected chi connectivity index (χ1v) is 18.1. The average molecular weight is 731 g/mol. The Bertz CT molecular complexity index is 1860. The van der Waals surface area contributed by atoms with Crippen molar-refractivity contribution >= 4 is 34.7 Å². The molecule has 1 saturated carbocycles. The zero-order valence-corrected chi connectivity index (χ0v) is 33.0. The monoisotopic (exact) mass is 730 g/mol. The number of ether oxygens (including phenoxy) is 1. The lowest BCUT2D eigenvalue weighted by atomic mass is 9.38. The van der Waals surface area contributed by atoms with Gasteiger partial charge in [-0.05, 0) is 111 Å². The lowest BCUT2D eigenvalue weighted by molar-refractivity contribution is -0.394. The standard InChI is InChI=1S/C42H54N2O9/c1-25(2)13-12-21-40(11)30(16-14-26(3)4)24-41(22-20-28(7)8)37(53-38(47)32-19-17-31(43(49)50)23-34(32)44(51)52)33(18-15-27(5)6)36(46)42(40,39(41)48)35(45)29(9)10/h13-15,17,19-20,23,29-30H,12,16,18,21-22,24H2,1-11H3/t30-,40+,41+,42+/m0/s1. The number of benzene rings is 1. The van der Waals surface area contributed by atoms with Crippen LogP contribution in [0.15, 0.2) is 76.1 Å². The highest BCUT2D eigenvalue weighted by molar-refractivity contribution is 6.33. The van der Waals surface area contributed by atoms with Crippen LogP contribution in [0.1, 0.15) is 125 Å². The van der Waals surface area contributed by atoms with Gasteiger partial charge in [-0.15, -0.1) is 0 Å². The number of hydrogen-bond donors (Lipinski definition) is 0. The van der Waals surface area contributed by atoms with E-state index in [1.807, 2.05) is 80.5 Å². The van der Waals surface area contributed by atoms with E-state index in [2.05, 4.69) is 0 Å². The van der Waals surface area contributed by atoms with Crippen molar-refractivity contribution in [3.05, 3.63) is 102 Å². The molecule has 0 aromatic heterocycles. The maximum absolute atomic E-state index is 15.8. The second-order valence-electron chi connectivity index (χ2n) is 16.0. The minimum absolute atomic E-state index is 0.00558. The van der Waals surface area contributed by atoms with Crippen molar-refractivity contribution in [3.8, 4) is 0 Å². The second-order valence-corrected chi connectivity index (χ2v) is 16.0. The van der Waals surface area contributed by atoms with E-state index in [1.165, 1.54) is 0 Å². The van der Waals surface area contributed by atoms with Crippen molar-refractivity contribution in [1.82, 2.24) is 0 Å². The van der Waals surface area contributed by atoms with Gasteiger partial charge in [0.05, 0.1) is 21.3 Å². The molecule has 0 saturated heterocycles. The van der Waals surface area contributed by atoms with Gasteiger partial charge in [0.2, 0.25) is 0 Å². The molecule has 4 atom stereocenters. The molecule has 0 N–H and O–H groups in total. The fourth-order valence-corrected chi connectivity index (χ4v) is 7.95. The fourth-order valence-electron chi connectivity index (χ4n) is 7.95. The Morgan fingerprint density at radius 1 is 0.887 bits per heavy atom. The third kappa shape index (κ3) is 8.09. The van der Waals surface area contributed by atoms with Crippen LogP contribution in [0, 0.1) is 48.3 Å². The van der Waals surface area contributed by atoms with Crippen LogP contribution in [-0.4, -0.2) is 33.2 Å². The third-order valence-electron chi connectivity index (χ3n) is 10.7. The van der Waals surface area contributed by atoms with E-state index >= 15 is 14.4 Å². The Morgan fingerprint density at radius 3 is 1.98 bits per heavy atom. The summed E-state index contributed by atoms with van der Waals surface area (Å²) in [5.74, 6) is -4.40. The Hall–Kier alpha value is -4.80. The minimum atomic E-state index is -2.12. The number of non-ortho nitro benzene ring substituents is 1. The number of allylic oxidation sites excluding steroid dienone is 10. The summed E-state index contributed by atoms with van der Waals surface area (Å²) in [7, 11) is 0. The quantitative estimate of drug-likeness (QED) is 0.0561. The summed E-state index contributed by atoms with van der Waals surface area (Å²) >= 11 is 0. The van der Waals surface area contributed by atoms with Gasteiger partial charge >= 0.3 is 5.97 Å². The van der Waals surface area contributed by atoms with Crippen LogP contribution in [0.3, 0.4) is 0 Å². The highest BCUT2D eigenvalue weighted by atomic mass is 16.6. The SMILES string of the molecule is CC(C)=CCC[C@]1(C)[C@@H](CC=C(C)C)C[C@@]2(CC=C(C)C)C(=O)[C@@]1(C(=O)C(C)C)C(=O)C(CC=C(C)C)=C2OC(=O)c1ccc([N+](=O)[O-])cc1[N+](=O)[O-]. The van der Waals surface area contributed by atoms with E-state index in [9.17, 15) is 25.0 Å². The van der Waals surface area contributed by atoms with E-state index in [0.29, 0.717) is 25.3 Å². The van der Waals surface area contributed by atoms with Crippen LogP contribution in [0.4, 0.5) is 11.4 Å². The van der Waals surface area contributed by atoms with Gasteiger partial charge < -0.3 is 4.74 Å². The van der Waals surface area contributed by atoms with E-state index in [4.69, 9.17) is 4.74 Å². The lowest BCUT2D eigenvalue weighted by Crippen LogP contribution is -2.71. The summed E-state index contributed by atoms with van der Waals surface area (Å²) in [4.78, 5) is 82.3. The van der Waals surface area contributed by atoms with E-state index in [0.717, 1.165) is 34.4 Å². The van der Waals surface area contributed by atoms with Crippen molar-refractivity contribution in [1.29, 1.82) is 0 Å². The molecule has 0 radical (unpaired) electrons. The van der Waals surface area contributed by atoms with Crippen LogP contribution < -0.4 is 0 Å². The van der Waals surface area contributed by atoms with Crippen LogP contribution in [0.2, 0.25) is 0 Å². The maximum atomic E-state index is 15.8. The zero-order chi connectivity index (χ0) is 40.2. The zero-order valence-electron chi connectivity index (χ0n) is 33.0. The van der Waals surface area contributed by atoms with E-state index in [-0.39, 0.29) is 30.6 Å². The smallest absolute Gasteiger partial charge is 0.350 e. The number of nitrogens with zero attached hydrogens (tertiary/aromatic N) is 2. The average Bonchev–Trinajstić information content (AvgIpc) is 3.05. The van der Waals surface area contributed by atoms with Crippen molar-refractivity contribution in [2.45, 2.75) is 115 Å². The highest BCUT2D eigenvalue weighted by Crippen LogP contribution is 2.68. The summed E-state index contributed by atoms with van der Waals surface area (Å²) < 4.78 is 6.15. The van der Waals surface area contributed by atoms with Gasteiger partial charge in [0, 0.05) is 17.6 Å². The molecule has 0 amide bonds. The summed E-state index contributed by atoms with van der Waals surface area (Å²) in [5.41, 5.74) is -3.21. The molecule has 2 aliphatic carbocycles. The summed E-state index contributed by atoms with van der Waals surface area (Å²) in [6.07, 6.45) is 9.11. The molecule has 2 bridgehead atoms. The predicted octanol–water partition coefficient (Wildman–Crippen LogP) is 10.1. The molecule has 286 valence electrons. The molecule has 11 nitrogen and oxygen atoms in total. The van der Waals surface area contributed by atoms with Gasteiger partial charge in [-0.2, -0.15) is 0 Å². The number of esters is 1. The maximum Gasteiger partial charge on any atom is 0.350 e. The van der Waals surface area contributed by atoms with Crippen LogP contribution in [0.25, 0.3) is 0 Å². The number of hydrogen-bond acceptors (Lipinski definition) is 9.